The van der Waals surface area contributed by atoms with Gasteiger partial charge >= 0.3 is 0 Å². The van der Waals surface area contributed by atoms with Crippen molar-refractivity contribution in [3.05, 3.63) is 96.2 Å². The molecule has 1 aliphatic carbocycles. The summed E-state index contributed by atoms with van der Waals surface area (Å²) in [5.41, 5.74) is 8.06. The first-order chi connectivity index (χ1) is 13.9. The maximum absolute atomic E-state index is 5.55. The zero-order chi connectivity index (χ0) is 18.7. The Morgan fingerprint density at radius 3 is 2.61 bits per heavy atom. The number of fused-ring (bicyclic) bond motifs is 8. The van der Waals surface area contributed by atoms with E-state index in [1.807, 2.05) is 0 Å². The van der Waals surface area contributed by atoms with Crippen LogP contribution in [0.25, 0.3) is 27.7 Å². The summed E-state index contributed by atoms with van der Waals surface area (Å²) in [5.74, 6) is 1.80. The molecule has 0 saturated heterocycles. The van der Waals surface area contributed by atoms with Crippen LogP contribution in [0.2, 0.25) is 0 Å². The first-order valence-corrected chi connectivity index (χ1v) is 9.90. The molecule has 2 nitrogen and oxygen atoms in total. The third-order valence-electron chi connectivity index (χ3n) is 6.33. The van der Waals surface area contributed by atoms with Crippen molar-refractivity contribution in [2.45, 2.75) is 18.3 Å². The summed E-state index contributed by atoms with van der Waals surface area (Å²) in [4.78, 5) is 0. The normalized spacial score (nSPS) is 19.3. The average Bonchev–Trinajstić information content (AvgIpc) is 3.37. The largest absolute Gasteiger partial charge is 0.497 e. The van der Waals surface area contributed by atoms with E-state index in [-0.39, 0.29) is 0 Å². The molecule has 0 bridgehead atoms. The Hall–Kier alpha value is -3.26. The maximum atomic E-state index is 5.55. The van der Waals surface area contributed by atoms with E-state index in [1.54, 1.807) is 7.11 Å². The Morgan fingerprint density at radius 1 is 0.929 bits per heavy atom. The van der Waals surface area contributed by atoms with Crippen molar-refractivity contribution in [1.82, 2.24) is 4.57 Å². The van der Waals surface area contributed by atoms with Gasteiger partial charge in [0.05, 0.1) is 12.6 Å². The van der Waals surface area contributed by atoms with Crippen molar-refractivity contribution in [3.8, 4) is 22.6 Å². The molecule has 2 aliphatic rings. The molecule has 2 heteroatoms. The highest BCUT2D eigenvalue weighted by atomic mass is 16.5. The van der Waals surface area contributed by atoms with Crippen LogP contribution < -0.4 is 4.74 Å². The lowest BCUT2D eigenvalue weighted by molar-refractivity contribution is 0.413. The van der Waals surface area contributed by atoms with Gasteiger partial charge in [-0.3, -0.25) is 0 Å². The van der Waals surface area contributed by atoms with Crippen LogP contribution in [0, 0.1) is 0 Å². The molecule has 2 atom stereocenters. The van der Waals surface area contributed by atoms with Gasteiger partial charge in [0.2, 0.25) is 0 Å². The maximum Gasteiger partial charge on any atom is 0.119 e. The predicted molar refractivity (Wildman–Crippen MR) is 115 cm³/mol. The van der Waals surface area contributed by atoms with Gasteiger partial charge in [-0.05, 0) is 41.8 Å². The van der Waals surface area contributed by atoms with E-state index in [0.717, 1.165) is 12.2 Å². The summed E-state index contributed by atoms with van der Waals surface area (Å²) in [7, 11) is 1.75. The summed E-state index contributed by atoms with van der Waals surface area (Å²) in [6.07, 6.45) is 5.82. The highest BCUT2D eigenvalue weighted by molar-refractivity contribution is 6.00. The van der Waals surface area contributed by atoms with Gasteiger partial charge in [-0.1, -0.05) is 60.7 Å². The monoisotopic (exact) mass is 363 g/mol. The smallest absolute Gasteiger partial charge is 0.119 e. The van der Waals surface area contributed by atoms with E-state index < -0.39 is 0 Å². The average molecular weight is 363 g/mol. The molecule has 0 unspecified atom stereocenters. The molecule has 6 rings (SSSR count). The second kappa shape index (κ2) is 5.87. The van der Waals surface area contributed by atoms with Crippen LogP contribution in [-0.4, -0.2) is 11.7 Å². The Kier molecular flexibility index (Phi) is 3.30. The Morgan fingerprint density at radius 2 is 1.75 bits per heavy atom. The first kappa shape index (κ1) is 15.8. The molecule has 3 aromatic carbocycles. The number of nitrogens with zero attached hydrogens (tertiary/aromatic N) is 1. The highest BCUT2D eigenvalue weighted by Gasteiger charge is 2.38. The number of aromatic nitrogens is 1. The number of allylic oxidation sites excluding steroid dienone is 2. The zero-order valence-electron chi connectivity index (χ0n) is 15.8. The van der Waals surface area contributed by atoms with Crippen LogP contribution in [0.4, 0.5) is 0 Å². The van der Waals surface area contributed by atoms with E-state index in [0.29, 0.717) is 11.8 Å². The second-order valence-electron chi connectivity index (χ2n) is 7.70. The molecular weight excluding hydrogens is 342 g/mol. The molecule has 0 radical (unpaired) electrons. The lowest BCUT2D eigenvalue weighted by atomic mass is 9.80. The Bertz CT molecular complexity index is 1230. The number of para-hydroxylation sites is 1. The van der Waals surface area contributed by atoms with Crippen LogP contribution in [0.5, 0.6) is 5.75 Å². The summed E-state index contributed by atoms with van der Waals surface area (Å²) in [6.45, 7) is 0. The number of methoxy groups -OCH3 is 1. The molecule has 0 saturated carbocycles. The van der Waals surface area contributed by atoms with E-state index in [1.165, 1.54) is 39.0 Å². The van der Waals surface area contributed by atoms with Crippen molar-refractivity contribution in [1.29, 1.82) is 0 Å². The van der Waals surface area contributed by atoms with Gasteiger partial charge in [0.25, 0.3) is 0 Å². The first-order valence-electron chi connectivity index (χ1n) is 9.90. The number of hydrogen-bond acceptors (Lipinski definition) is 1. The fraction of sp³-hybridized carbons (Fsp3) is 0.154. The fourth-order valence-electron chi connectivity index (χ4n) is 5.16. The lowest BCUT2D eigenvalue weighted by Crippen LogP contribution is -2.19. The van der Waals surface area contributed by atoms with Crippen molar-refractivity contribution in [2.24, 2.45) is 0 Å². The molecule has 0 spiro atoms. The number of hydrogen-bond donors (Lipinski definition) is 0. The molecule has 28 heavy (non-hydrogen) atoms. The summed E-state index contributed by atoms with van der Waals surface area (Å²) < 4.78 is 8.05. The molecule has 0 amide bonds. The lowest BCUT2D eigenvalue weighted by Gasteiger charge is -2.32. The van der Waals surface area contributed by atoms with Gasteiger partial charge in [-0.15, -0.1) is 0 Å². The molecule has 4 aromatic rings. The minimum Gasteiger partial charge on any atom is -0.497 e. The van der Waals surface area contributed by atoms with E-state index >= 15 is 0 Å². The number of ether oxygens (including phenoxy) is 1. The third kappa shape index (κ3) is 2.03. The highest BCUT2D eigenvalue weighted by Crippen LogP contribution is 2.54. The van der Waals surface area contributed by atoms with Gasteiger partial charge < -0.3 is 9.30 Å². The minimum absolute atomic E-state index is 0.407. The van der Waals surface area contributed by atoms with Crippen molar-refractivity contribution < 1.29 is 4.74 Å². The Balaban J connectivity index is 1.76. The van der Waals surface area contributed by atoms with E-state index in [4.69, 9.17) is 4.74 Å². The third-order valence-corrected chi connectivity index (χ3v) is 6.33. The molecule has 2 heterocycles. The standard InChI is InChI=1S/C26H21NO/c1-28-18-14-15-24-22(16-18)19-11-7-12-20(19)26-25(17-8-3-2-4-9-17)21-10-5-6-13-23(21)27(24)26/h2-11,13-16,19-20H,12H2,1H3/t19-,20+/m0/s1. The van der Waals surface area contributed by atoms with E-state index in [2.05, 4.69) is 89.5 Å². The van der Waals surface area contributed by atoms with Crippen LogP contribution in [0.3, 0.4) is 0 Å². The molecule has 136 valence electrons. The number of benzene rings is 3. The Labute approximate surface area is 164 Å². The van der Waals surface area contributed by atoms with E-state index in [9.17, 15) is 0 Å². The molecular formula is C26H21NO. The van der Waals surface area contributed by atoms with Gasteiger partial charge in [-0.25, -0.2) is 0 Å². The summed E-state index contributed by atoms with van der Waals surface area (Å²) in [5, 5.41) is 1.33. The van der Waals surface area contributed by atoms with Gasteiger partial charge in [0.15, 0.2) is 0 Å². The van der Waals surface area contributed by atoms with Gasteiger partial charge in [0, 0.05) is 34.2 Å². The molecule has 0 fully saturated rings. The quantitative estimate of drug-likeness (QED) is 0.373. The van der Waals surface area contributed by atoms with Crippen LogP contribution in [0.15, 0.2) is 84.9 Å². The van der Waals surface area contributed by atoms with Crippen molar-refractivity contribution >= 4 is 10.9 Å². The number of rotatable bonds is 2. The van der Waals surface area contributed by atoms with Crippen molar-refractivity contribution in [3.63, 3.8) is 0 Å². The van der Waals surface area contributed by atoms with Crippen molar-refractivity contribution in [2.75, 3.05) is 7.11 Å². The summed E-state index contributed by atoms with van der Waals surface area (Å²) in [6, 6.07) is 26.2. The SMILES string of the molecule is COc1ccc2c(c1)[C@H]1C=CC[C@H]1c1c(-c3ccccc3)c3ccccc3n1-2. The zero-order valence-corrected chi connectivity index (χ0v) is 15.8. The fourth-order valence-corrected chi connectivity index (χ4v) is 5.16. The molecule has 0 N–H and O–H groups in total. The van der Waals surface area contributed by atoms with Gasteiger partial charge in [-0.2, -0.15) is 0 Å². The molecule has 1 aromatic heterocycles. The summed E-state index contributed by atoms with van der Waals surface area (Å²) >= 11 is 0. The van der Waals surface area contributed by atoms with Crippen LogP contribution in [-0.2, 0) is 0 Å². The second-order valence-corrected chi connectivity index (χ2v) is 7.70. The van der Waals surface area contributed by atoms with Crippen LogP contribution >= 0.6 is 0 Å². The topological polar surface area (TPSA) is 14.2 Å². The van der Waals surface area contributed by atoms with Gasteiger partial charge in [0.1, 0.15) is 5.75 Å². The van der Waals surface area contributed by atoms with Crippen LogP contribution in [0.1, 0.15) is 29.5 Å². The molecule has 1 aliphatic heterocycles. The minimum atomic E-state index is 0.407. The predicted octanol–water partition coefficient (Wildman–Crippen LogP) is 6.45.